The fourth-order valence-corrected chi connectivity index (χ4v) is 2.29. The molecule has 0 unspecified atom stereocenters. The third kappa shape index (κ3) is 2.31. The number of halogens is 1. The Balaban J connectivity index is 2.15. The van der Waals surface area contributed by atoms with Gasteiger partial charge in [0.2, 0.25) is 0 Å². The van der Waals surface area contributed by atoms with Gasteiger partial charge < -0.3 is 9.32 Å². The summed E-state index contributed by atoms with van der Waals surface area (Å²) >= 11 is 3.41. The molecule has 3 nitrogen and oxygen atoms in total. The summed E-state index contributed by atoms with van der Waals surface area (Å²) in [4.78, 5) is 10.6. The zero-order valence-electron chi connectivity index (χ0n) is 9.97. The van der Waals surface area contributed by atoms with Gasteiger partial charge in [0.25, 0.3) is 0 Å². The number of benzene rings is 2. The number of carbonyl (C=O) groups excluding carboxylic acids is 1. The highest BCUT2D eigenvalue weighted by Gasteiger charge is 2.11. The van der Waals surface area contributed by atoms with Crippen molar-refractivity contribution in [3.8, 4) is 11.3 Å². The summed E-state index contributed by atoms with van der Waals surface area (Å²) in [5.74, 6) is 0.732. The van der Waals surface area contributed by atoms with Gasteiger partial charge in [-0.25, -0.2) is 0 Å². The topological polar surface area (TPSA) is 43.1 Å². The first-order valence-corrected chi connectivity index (χ1v) is 6.65. The average molecular weight is 316 g/mol. The molecule has 2 aromatic carbocycles. The maximum atomic E-state index is 10.6. The highest BCUT2D eigenvalue weighted by Crippen LogP contribution is 2.30. The minimum Gasteiger partial charge on any atom is -0.355 e. The lowest BCUT2D eigenvalue weighted by molar-refractivity contribution is -0.107. The summed E-state index contributed by atoms with van der Waals surface area (Å²) in [7, 11) is 0. The summed E-state index contributed by atoms with van der Waals surface area (Å²) in [5.41, 5.74) is 2.73. The summed E-state index contributed by atoms with van der Waals surface area (Å²) < 4.78 is 6.44. The third-order valence-electron chi connectivity index (χ3n) is 2.97. The molecular weight excluding hydrogens is 306 g/mol. The van der Waals surface area contributed by atoms with E-state index in [4.69, 9.17) is 4.52 Å². The second kappa shape index (κ2) is 4.97. The second-order valence-corrected chi connectivity index (χ2v) is 5.16. The largest absolute Gasteiger partial charge is 0.355 e. The van der Waals surface area contributed by atoms with Crippen LogP contribution in [-0.4, -0.2) is 11.4 Å². The highest BCUT2D eigenvalue weighted by molar-refractivity contribution is 9.10. The Morgan fingerprint density at radius 3 is 2.68 bits per heavy atom. The van der Waals surface area contributed by atoms with Crippen LogP contribution < -0.4 is 0 Å². The van der Waals surface area contributed by atoms with Gasteiger partial charge in [-0.1, -0.05) is 27.2 Å². The minimum absolute atomic E-state index is 0.404. The Morgan fingerprint density at radius 1 is 1.16 bits per heavy atom. The van der Waals surface area contributed by atoms with E-state index in [9.17, 15) is 4.79 Å². The summed E-state index contributed by atoms with van der Waals surface area (Å²) in [6.07, 6.45) is 1.30. The van der Waals surface area contributed by atoms with Gasteiger partial charge in [0.15, 0.2) is 5.76 Å². The predicted octanol–water partition coefficient (Wildman–Crippen LogP) is 4.00. The molecule has 3 rings (SSSR count). The molecule has 0 saturated heterocycles. The van der Waals surface area contributed by atoms with Crippen molar-refractivity contribution >= 4 is 33.1 Å². The number of fused-ring (bicyclic) bond motifs is 1. The van der Waals surface area contributed by atoms with Gasteiger partial charge in [0.05, 0.1) is 0 Å². The molecule has 0 aliphatic carbocycles. The first-order chi connectivity index (χ1) is 9.28. The minimum atomic E-state index is 0.404. The van der Waals surface area contributed by atoms with Crippen LogP contribution in [0.15, 0.2) is 51.5 Å². The molecule has 0 spiro atoms. The van der Waals surface area contributed by atoms with Gasteiger partial charge in [0, 0.05) is 21.8 Å². The van der Waals surface area contributed by atoms with Crippen LogP contribution in [0.25, 0.3) is 22.2 Å². The molecule has 0 N–H and O–H groups in total. The molecular formula is C15H10BrNO2. The number of aldehydes is 1. The first-order valence-electron chi connectivity index (χ1n) is 5.86. The quantitative estimate of drug-likeness (QED) is 0.686. The van der Waals surface area contributed by atoms with Gasteiger partial charge in [-0.2, -0.15) is 0 Å². The van der Waals surface area contributed by atoms with Gasteiger partial charge in [-0.05, 0) is 42.0 Å². The monoisotopic (exact) mass is 315 g/mol. The van der Waals surface area contributed by atoms with Crippen molar-refractivity contribution in [1.82, 2.24) is 5.16 Å². The lowest BCUT2D eigenvalue weighted by Gasteiger charge is -1.98. The summed E-state index contributed by atoms with van der Waals surface area (Å²) in [6.45, 7) is 0. The molecule has 0 bridgehead atoms. The van der Waals surface area contributed by atoms with E-state index in [1.165, 1.54) is 0 Å². The number of nitrogens with zero attached hydrogens (tertiary/aromatic N) is 1. The van der Waals surface area contributed by atoms with E-state index in [1.54, 1.807) is 0 Å². The molecule has 0 saturated carbocycles. The average Bonchev–Trinajstić information content (AvgIpc) is 2.83. The normalized spacial score (nSPS) is 10.8. The van der Waals surface area contributed by atoms with Crippen molar-refractivity contribution in [3.05, 3.63) is 52.5 Å². The van der Waals surface area contributed by atoms with Crippen molar-refractivity contribution in [1.29, 1.82) is 0 Å². The molecule has 3 aromatic rings. The van der Waals surface area contributed by atoms with Crippen LogP contribution in [0.5, 0.6) is 0 Å². The van der Waals surface area contributed by atoms with Gasteiger partial charge in [-0.3, -0.25) is 0 Å². The maximum Gasteiger partial charge on any atom is 0.174 e. The fourth-order valence-electron chi connectivity index (χ4n) is 2.02. The maximum absolute atomic E-state index is 10.6. The molecule has 0 amide bonds. The van der Waals surface area contributed by atoms with Gasteiger partial charge in [-0.15, -0.1) is 0 Å². The Kier molecular flexibility index (Phi) is 3.17. The molecule has 94 valence electrons. The van der Waals surface area contributed by atoms with Crippen molar-refractivity contribution in [3.63, 3.8) is 0 Å². The van der Waals surface area contributed by atoms with E-state index in [-0.39, 0.29) is 0 Å². The zero-order chi connectivity index (χ0) is 13.2. The Morgan fingerprint density at radius 2 is 1.95 bits per heavy atom. The predicted molar refractivity (Wildman–Crippen MR) is 76.9 cm³/mol. The van der Waals surface area contributed by atoms with E-state index >= 15 is 0 Å². The molecule has 0 atom stereocenters. The van der Waals surface area contributed by atoms with E-state index < -0.39 is 0 Å². The second-order valence-electron chi connectivity index (χ2n) is 4.24. The third-order valence-corrected chi connectivity index (χ3v) is 3.49. The SMILES string of the molecule is O=CCc1ccc2noc(-c3ccc(Br)cc3)c2c1. The number of hydrogen-bond acceptors (Lipinski definition) is 3. The van der Waals surface area contributed by atoms with E-state index in [0.717, 1.165) is 38.5 Å². The number of hydrogen-bond donors (Lipinski definition) is 0. The lowest BCUT2D eigenvalue weighted by atomic mass is 10.1. The van der Waals surface area contributed by atoms with Crippen LogP contribution in [0.1, 0.15) is 5.56 Å². The molecule has 4 heteroatoms. The smallest absolute Gasteiger partial charge is 0.174 e. The molecule has 1 aromatic heterocycles. The van der Waals surface area contributed by atoms with Crippen molar-refractivity contribution in [2.45, 2.75) is 6.42 Å². The van der Waals surface area contributed by atoms with Crippen LogP contribution in [0.4, 0.5) is 0 Å². The van der Waals surface area contributed by atoms with Crippen LogP contribution in [0, 0.1) is 0 Å². The summed E-state index contributed by atoms with van der Waals surface area (Å²) in [5, 5.41) is 4.98. The van der Waals surface area contributed by atoms with Crippen molar-refractivity contribution in [2.75, 3.05) is 0 Å². The molecule has 1 heterocycles. The molecule has 19 heavy (non-hydrogen) atoms. The van der Waals surface area contributed by atoms with E-state index in [0.29, 0.717) is 6.42 Å². The van der Waals surface area contributed by atoms with Gasteiger partial charge in [0.1, 0.15) is 11.8 Å². The van der Waals surface area contributed by atoms with E-state index in [2.05, 4.69) is 21.1 Å². The van der Waals surface area contributed by atoms with E-state index in [1.807, 2.05) is 42.5 Å². The van der Waals surface area contributed by atoms with Crippen LogP contribution in [-0.2, 0) is 11.2 Å². The fraction of sp³-hybridized carbons (Fsp3) is 0.0667. The highest BCUT2D eigenvalue weighted by atomic mass is 79.9. The standard InChI is InChI=1S/C15H10BrNO2/c16-12-4-2-11(3-5-12)15-13-9-10(7-8-18)1-6-14(13)17-19-15/h1-6,8-9H,7H2. The Labute approximate surface area is 118 Å². The lowest BCUT2D eigenvalue weighted by Crippen LogP contribution is -1.85. The molecule has 0 fully saturated rings. The Bertz CT molecular complexity index is 731. The number of carbonyl (C=O) groups is 1. The molecule has 0 aliphatic heterocycles. The van der Waals surface area contributed by atoms with Crippen LogP contribution in [0.2, 0.25) is 0 Å². The van der Waals surface area contributed by atoms with Crippen molar-refractivity contribution < 1.29 is 9.32 Å². The number of rotatable bonds is 3. The van der Waals surface area contributed by atoms with Crippen LogP contribution in [0.3, 0.4) is 0 Å². The number of aromatic nitrogens is 1. The Hall–Kier alpha value is -1.94. The van der Waals surface area contributed by atoms with Gasteiger partial charge >= 0.3 is 0 Å². The molecule has 0 radical (unpaired) electrons. The first kappa shape index (κ1) is 12.1. The summed E-state index contributed by atoms with van der Waals surface area (Å²) in [6, 6.07) is 13.6. The van der Waals surface area contributed by atoms with Crippen molar-refractivity contribution in [2.24, 2.45) is 0 Å². The zero-order valence-corrected chi connectivity index (χ0v) is 11.6. The van der Waals surface area contributed by atoms with Crippen LogP contribution >= 0.6 is 15.9 Å². The molecule has 0 aliphatic rings.